The lowest BCUT2D eigenvalue weighted by Gasteiger charge is -2.20. The zero-order valence-electron chi connectivity index (χ0n) is 12.1. The molecule has 0 fully saturated rings. The number of esters is 1. The van der Waals surface area contributed by atoms with Crippen LogP contribution in [0.15, 0.2) is 30.3 Å². The first-order valence-electron chi connectivity index (χ1n) is 6.64. The molecule has 0 radical (unpaired) electrons. The molecule has 2 atom stereocenters. The number of carbonyl (C=O) groups is 2. The van der Waals surface area contributed by atoms with Crippen LogP contribution in [0.1, 0.15) is 31.9 Å². The second kappa shape index (κ2) is 7.65. The van der Waals surface area contributed by atoms with Crippen molar-refractivity contribution in [3.05, 3.63) is 35.9 Å². The van der Waals surface area contributed by atoms with Gasteiger partial charge in [0.1, 0.15) is 0 Å². The van der Waals surface area contributed by atoms with Gasteiger partial charge < -0.3 is 15.8 Å². The highest BCUT2D eigenvalue weighted by Gasteiger charge is 2.26. The van der Waals surface area contributed by atoms with Gasteiger partial charge in [-0.2, -0.15) is 0 Å². The molecule has 0 saturated carbocycles. The standard InChI is InChI=1S/C15H22N2O3/c1-10(2)9-12(16)14(18)17-13(15(19)20-3)11-7-5-4-6-8-11/h4-8,10,12-13H,9,16H2,1-3H3,(H,17,18)/t12-,13-/m0/s1. The minimum absolute atomic E-state index is 0.309. The van der Waals surface area contributed by atoms with E-state index in [1.54, 1.807) is 24.3 Å². The number of methoxy groups -OCH3 is 1. The highest BCUT2D eigenvalue weighted by molar-refractivity contribution is 5.88. The number of hydrogen-bond donors (Lipinski definition) is 2. The molecule has 5 heteroatoms. The third-order valence-electron chi connectivity index (χ3n) is 2.92. The highest BCUT2D eigenvalue weighted by Crippen LogP contribution is 2.15. The largest absolute Gasteiger partial charge is 0.467 e. The molecule has 1 aromatic carbocycles. The summed E-state index contributed by atoms with van der Waals surface area (Å²) in [5.74, 6) is -0.552. The van der Waals surface area contributed by atoms with Crippen LogP contribution in [0.2, 0.25) is 0 Å². The van der Waals surface area contributed by atoms with Gasteiger partial charge in [0, 0.05) is 0 Å². The Morgan fingerprint density at radius 1 is 1.25 bits per heavy atom. The maximum Gasteiger partial charge on any atom is 0.333 e. The number of amides is 1. The molecular weight excluding hydrogens is 256 g/mol. The summed E-state index contributed by atoms with van der Waals surface area (Å²) < 4.78 is 4.73. The van der Waals surface area contributed by atoms with Gasteiger partial charge in [0.25, 0.3) is 0 Å². The third kappa shape index (κ3) is 4.66. The molecule has 0 bridgehead atoms. The molecule has 110 valence electrons. The van der Waals surface area contributed by atoms with Crippen LogP contribution in [-0.4, -0.2) is 25.0 Å². The smallest absolute Gasteiger partial charge is 0.333 e. The van der Waals surface area contributed by atoms with Crippen LogP contribution < -0.4 is 11.1 Å². The van der Waals surface area contributed by atoms with Crippen molar-refractivity contribution in [2.45, 2.75) is 32.4 Å². The van der Waals surface area contributed by atoms with E-state index in [2.05, 4.69) is 5.32 Å². The van der Waals surface area contributed by atoms with E-state index in [0.717, 1.165) is 0 Å². The van der Waals surface area contributed by atoms with Crippen molar-refractivity contribution in [3.8, 4) is 0 Å². The maximum atomic E-state index is 12.0. The molecule has 20 heavy (non-hydrogen) atoms. The Kier molecular flexibility index (Phi) is 6.18. The average molecular weight is 278 g/mol. The van der Waals surface area contributed by atoms with Crippen LogP contribution in [0.25, 0.3) is 0 Å². The fourth-order valence-electron chi connectivity index (χ4n) is 1.91. The van der Waals surface area contributed by atoms with E-state index in [4.69, 9.17) is 10.5 Å². The summed E-state index contributed by atoms with van der Waals surface area (Å²) in [4.78, 5) is 23.9. The van der Waals surface area contributed by atoms with Gasteiger partial charge >= 0.3 is 5.97 Å². The zero-order chi connectivity index (χ0) is 15.1. The van der Waals surface area contributed by atoms with Crippen LogP contribution in [0.4, 0.5) is 0 Å². The molecule has 0 aromatic heterocycles. The fraction of sp³-hybridized carbons (Fsp3) is 0.467. The van der Waals surface area contributed by atoms with Gasteiger partial charge in [-0.25, -0.2) is 4.79 Å². The van der Waals surface area contributed by atoms with Crippen molar-refractivity contribution >= 4 is 11.9 Å². The van der Waals surface area contributed by atoms with E-state index < -0.39 is 18.1 Å². The normalized spacial score (nSPS) is 13.7. The Bertz CT molecular complexity index is 446. The zero-order valence-corrected chi connectivity index (χ0v) is 12.1. The van der Waals surface area contributed by atoms with Gasteiger partial charge in [0.05, 0.1) is 13.2 Å². The predicted molar refractivity (Wildman–Crippen MR) is 76.8 cm³/mol. The van der Waals surface area contributed by atoms with Crippen LogP contribution in [0.5, 0.6) is 0 Å². The van der Waals surface area contributed by atoms with Gasteiger partial charge in [-0.15, -0.1) is 0 Å². The van der Waals surface area contributed by atoms with E-state index >= 15 is 0 Å². The molecule has 0 aliphatic carbocycles. The molecule has 5 nitrogen and oxygen atoms in total. The predicted octanol–water partition coefficient (Wildman–Crippen LogP) is 1.39. The van der Waals surface area contributed by atoms with Crippen molar-refractivity contribution in [2.24, 2.45) is 11.7 Å². The summed E-state index contributed by atoms with van der Waals surface area (Å²) in [5.41, 5.74) is 6.49. The second-order valence-electron chi connectivity index (χ2n) is 5.11. The van der Waals surface area contributed by atoms with Crippen LogP contribution >= 0.6 is 0 Å². The SMILES string of the molecule is COC(=O)[C@@H](NC(=O)[C@@H](N)CC(C)C)c1ccccc1. The maximum absolute atomic E-state index is 12.0. The Labute approximate surface area is 119 Å². The van der Waals surface area contributed by atoms with E-state index in [1.165, 1.54) is 7.11 Å². The number of benzene rings is 1. The first kappa shape index (κ1) is 16.2. The second-order valence-corrected chi connectivity index (χ2v) is 5.11. The molecule has 1 aromatic rings. The number of nitrogens with two attached hydrogens (primary N) is 1. The minimum atomic E-state index is -0.827. The summed E-state index contributed by atoms with van der Waals surface area (Å²) in [7, 11) is 1.29. The summed E-state index contributed by atoms with van der Waals surface area (Å²) in [6, 6.07) is 7.49. The topological polar surface area (TPSA) is 81.4 Å². The van der Waals surface area contributed by atoms with Gasteiger partial charge in [0.2, 0.25) is 5.91 Å². The Morgan fingerprint density at radius 3 is 2.35 bits per heavy atom. The monoisotopic (exact) mass is 278 g/mol. The number of nitrogens with one attached hydrogen (secondary N) is 1. The molecule has 1 rings (SSSR count). The number of rotatable bonds is 6. The Hall–Kier alpha value is -1.88. The Morgan fingerprint density at radius 2 is 1.85 bits per heavy atom. The van der Waals surface area contributed by atoms with Gasteiger partial charge in [0.15, 0.2) is 6.04 Å². The van der Waals surface area contributed by atoms with Crippen molar-refractivity contribution < 1.29 is 14.3 Å². The lowest BCUT2D eigenvalue weighted by molar-refractivity contribution is -0.145. The van der Waals surface area contributed by atoms with E-state index in [-0.39, 0.29) is 5.91 Å². The molecule has 3 N–H and O–H groups in total. The van der Waals surface area contributed by atoms with E-state index in [9.17, 15) is 9.59 Å². The number of hydrogen-bond acceptors (Lipinski definition) is 4. The number of ether oxygens (including phenoxy) is 1. The third-order valence-corrected chi connectivity index (χ3v) is 2.92. The molecule has 1 amide bonds. The molecule has 0 saturated heterocycles. The lowest BCUT2D eigenvalue weighted by Crippen LogP contribution is -2.45. The summed E-state index contributed by atoms with van der Waals surface area (Å²) in [5, 5.41) is 2.65. The van der Waals surface area contributed by atoms with Crippen LogP contribution in [-0.2, 0) is 14.3 Å². The fourth-order valence-corrected chi connectivity index (χ4v) is 1.91. The molecule has 0 aliphatic rings. The van der Waals surface area contributed by atoms with Crippen molar-refractivity contribution in [1.29, 1.82) is 0 Å². The summed E-state index contributed by atoms with van der Waals surface area (Å²) in [6.07, 6.45) is 0.564. The van der Waals surface area contributed by atoms with E-state index in [1.807, 2.05) is 19.9 Å². The van der Waals surface area contributed by atoms with Crippen molar-refractivity contribution in [2.75, 3.05) is 7.11 Å². The van der Waals surface area contributed by atoms with Gasteiger partial charge in [-0.3, -0.25) is 4.79 Å². The summed E-state index contributed by atoms with van der Waals surface area (Å²) in [6.45, 7) is 3.98. The average Bonchev–Trinajstić information content (AvgIpc) is 2.43. The first-order valence-corrected chi connectivity index (χ1v) is 6.64. The lowest BCUT2D eigenvalue weighted by atomic mass is 10.0. The van der Waals surface area contributed by atoms with Crippen LogP contribution in [0, 0.1) is 5.92 Å². The quantitative estimate of drug-likeness (QED) is 0.770. The molecule has 0 unspecified atom stereocenters. The Balaban J connectivity index is 2.81. The highest BCUT2D eigenvalue weighted by atomic mass is 16.5. The first-order chi connectivity index (χ1) is 9.45. The molecule has 0 aliphatic heterocycles. The van der Waals surface area contributed by atoms with Crippen LogP contribution in [0.3, 0.4) is 0 Å². The number of carbonyl (C=O) groups excluding carboxylic acids is 2. The van der Waals surface area contributed by atoms with E-state index in [0.29, 0.717) is 17.9 Å². The van der Waals surface area contributed by atoms with Gasteiger partial charge in [-0.05, 0) is 17.9 Å². The van der Waals surface area contributed by atoms with Gasteiger partial charge in [-0.1, -0.05) is 44.2 Å². The summed E-state index contributed by atoms with van der Waals surface area (Å²) >= 11 is 0. The molecule has 0 heterocycles. The molecule has 0 spiro atoms. The molecular formula is C15H22N2O3. The van der Waals surface area contributed by atoms with Crippen molar-refractivity contribution in [1.82, 2.24) is 5.32 Å². The minimum Gasteiger partial charge on any atom is -0.467 e. The van der Waals surface area contributed by atoms with Crippen molar-refractivity contribution in [3.63, 3.8) is 0 Å².